The summed E-state index contributed by atoms with van der Waals surface area (Å²) in [5.41, 5.74) is 2.77. The number of Topliss-reactive ketones (excluding diaryl/α,β-unsaturated/α-hetero) is 1. The normalized spacial score (nSPS) is 37.3. The Labute approximate surface area is 237 Å². The van der Waals surface area contributed by atoms with Crippen molar-refractivity contribution in [2.24, 2.45) is 52.3 Å². The Hall–Kier alpha value is -0.590. The minimum atomic E-state index is 0.421. The topological polar surface area (TPSA) is 17.1 Å². The van der Waals surface area contributed by atoms with Crippen molar-refractivity contribution in [2.45, 2.75) is 164 Å². The van der Waals surface area contributed by atoms with Crippen LogP contribution in [0.15, 0.2) is 11.6 Å². The van der Waals surface area contributed by atoms with E-state index in [9.17, 15) is 4.79 Å². The Kier molecular flexibility index (Phi) is 10.7. The van der Waals surface area contributed by atoms with Crippen LogP contribution in [-0.4, -0.2) is 5.78 Å². The van der Waals surface area contributed by atoms with Crippen molar-refractivity contribution in [2.75, 3.05) is 0 Å². The summed E-state index contributed by atoms with van der Waals surface area (Å²) in [6.07, 6.45) is 27.5. The number of hydrogen-bond acceptors (Lipinski definition) is 1. The van der Waals surface area contributed by atoms with Crippen LogP contribution in [0, 0.1) is 52.3 Å². The van der Waals surface area contributed by atoms with Crippen molar-refractivity contribution in [3.05, 3.63) is 11.6 Å². The third-order valence-corrected chi connectivity index (χ3v) is 12.7. The lowest BCUT2D eigenvalue weighted by Gasteiger charge is -2.58. The number of hydrogen-bond donors (Lipinski definition) is 0. The molecule has 218 valence electrons. The van der Waals surface area contributed by atoms with Gasteiger partial charge in [-0.25, -0.2) is 0 Å². The molecule has 0 aliphatic heterocycles. The summed E-state index contributed by atoms with van der Waals surface area (Å²) in [6, 6.07) is 0. The first-order chi connectivity index (χ1) is 18.2. The molecule has 0 spiro atoms. The van der Waals surface area contributed by atoms with E-state index in [1.165, 1.54) is 103 Å². The van der Waals surface area contributed by atoms with Crippen molar-refractivity contribution in [3.63, 3.8) is 0 Å². The first kappa shape index (κ1) is 30.4. The van der Waals surface area contributed by atoms with Crippen LogP contribution >= 0.6 is 0 Å². The minimum Gasteiger partial charge on any atom is -0.300 e. The Morgan fingerprint density at radius 2 is 1.66 bits per heavy atom. The second-order valence-electron chi connectivity index (χ2n) is 15.7. The van der Waals surface area contributed by atoms with E-state index in [2.05, 4.69) is 47.6 Å². The van der Waals surface area contributed by atoms with E-state index in [-0.39, 0.29) is 0 Å². The molecule has 4 aliphatic carbocycles. The summed E-state index contributed by atoms with van der Waals surface area (Å²) in [4.78, 5) is 12.8. The third-order valence-electron chi connectivity index (χ3n) is 12.7. The van der Waals surface area contributed by atoms with Gasteiger partial charge in [0.1, 0.15) is 5.78 Å². The van der Waals surface area contributed by atoms with Gasteiger partial charge >= 0.3 is 0 Å². The highest BCUT2D eigenvalue weighted by Gasteiger charge is 2.59. The highest BCUT2D eigenvalue weighted by molar-refractivity contribution is 5.78. The number of unbranched alkanes of at least 4 members (excludes halogenated alkanes) is 5. The maximum atomic E-state index is 12.8. The van der Waals surface area contributed by atoms with E-state index in [0.29, 0.717) is 22.5 Å². The first-order valence-electron chi connectivity index (χ1n) is 17.4. The number of rotatable bonds is 14. The highest BCUT2D eigenvalue weighted by Crippen LogP contribution is 2.67. The van der Waals surface area contributed by atoms with Gasteiger partial charge in [0.15, 0.2) is 0 Å². The van der Waals surface area contributed by atoms with E-state index in [1.807, 2.05) is 0 Å². The maximum Gasteiger partial charge on any atom is 0.133 e. The predicted molar refractivity (Wildman–Crippen MR) is 164 cm³/mol. The number of allylic oxidation sites excluding steroid dienone is 2. The molecule has 4 rings (SSSR count). The van der Waals surface area contributed by atoms with Gasteiger partial charge in [0.25, 0.3) is 0 Å². The van der Waals surface area contributed by atoms with Gasteiger partial charge in [0.2, 0.25) is 0 Å². The van der Waals surface area contributed by atoms with Crippen LogP contribution in [0.1, 0.15) is 164 Å². The molecular formula is C37H64O. The molecule has 1 heteroatoms. The van der Waals surface area contributed by atoms with Gasteiger partial charge in [0.05, 0.1) is 0 Å². The molecule has 0 aromatic carbocycles. The van der Waals surface area contributed by atoms with Crippen LogP contribution in [0.3, 0.4) is 0 Å². The highest BCUT2D eigenvalue weighted by atomic mass is 16.1. The molecule has 0 N–H and O–H groups in total. The largest absolute Gasteiger partial charge is 0.300 e. The second kappa shape index (κ2) is 13.4. The van der Waals surface area contributed by atoms with Crippen molar-refractivity contribution in [1.29, 1.82) is 0 Å². The summed E-state index contributed by atoms with van der Waals surface area (Å²) in [6.45, 7) is 15.0. The number of ketones is 1. The van der Waals surface area contributed by atoms with Crippen LogP contribution in [-0.2, 0) is 4.79 Å². The minimum absolute atomic E-state index is 0.421. The average Bonchev–Trinajstić information content (AvgIpc) is 3.23. The van der Waals surface area contributed by atoms with Crippen LogP contribution in [0.25, 0.3) is 0 Å². The number of fused-ring (bicyclic) bond motifs is 5. The van der Waals surface area contributed by atoms with Gasteiger partial charge < -0.3 is 0 Å². The van der Waals surface area contributed by atoms with E-state index >= 15 is 0 Å². The zero-order valence-corrected chi connectivity index (χ0v) is 26.5. The van der Waals surface area contributed by atoms with Crippen molar-refractivity contribution in [1.82, 2.24) is 0 Å². The second-order valence-corrected chi connectivity index (χ2v) is 15.7. The monoisotopic (exact) mass is 524 g/mol. The zero-order chi connectivity index (χ0) is 27.3. The fourth-order valence-corrected chi connectivity index (χ4v) is 10.5. The standard InChI is InChI=1S/C37H64O/c1-7-8-9-10-11-12-16-31(38)26-29-21-23-36(5)30(25-29)17-18-32-34-20-19-33(28(4)15-13-14-27(2)3)37(34,6)24-22-35(32)36/h17,27-29,32-35H,7-16,18-26H2,1-6H3. The fourth-order valence-electron chi connectivity index (χ4n) is 10.5. The van der Waals surface area contributed by atoms with Crippen LogP contribution in [0.2, 0.25) is 0 Å². The van der Waals surface area contributed by atoms with Gasteiger partial charge in [-0.2, -0.15) is 0 Å². The molecule has 0 aromatic heterocycles. The molecular weight excluding hydrogens is 460 g/mol. The summed E-state index contributed by atoms with van der Waals surface area (Å²) in [5, 5.41) is 0. The Bertz CT molecular complexity index is 793. The van der Waals surface area contributed by atoms with Gasteiger partial charge in [0, 0.05) is 12.8 Å². The Balaban J connectivity index is 1.31. The lowest BCUT2D eigenvalue weighted by atomic mass is 9.46. The predicted octanol–water partition coefficient (Wildman–Crippen LogP) is 11.4. The van der Waals surface area contributed by atoms with Gasteiger partial charge in [-0.05, 0) is 110 Å². The lowest BCUT2D eigenvalue weighted by molar-refractivity contribution is -0.120. The molecule has 0 bridgehead atoms. The smallest absolute Gasteiger partial charge is 0.133 e. The maximum absolute atomic E-state index is 12.8. The molecule has 0 saturated heterocycles. The van der Waals surface area contributed by atoms with E-state index in [1.54, 1.807) is 5.57 Å². The van der Waals surface area contributed by atoms with Gasteiger partial charge in [-0.1, -0.05) is 105 Å². The summed E-state index contributed by atoms with van der Waals surface area (Å²) >= 11 is 0. The van der Waals surface area contributed by atoms with E-state index < -0.39 is 0 Å². The molecule has 8 unspecified atom stereocenters. The van der Waals surface area contributed by atoms with Crippen molar-refractivity contribution >= 4 is 5.78 Å². The number of carbonyl (C=O) groups excluding carboxylic acids is 1. The van der Waals surface area contributed by atoms with Crippen LogP contribution in [0.5, 0.6) is 0 Å². The average molecular weight is 525 g/mol. The molecule has 3 saturated carbocycles. The Morgan fingerprint density at radius 3 is 2.42 bits per heavy atom. The SMILES string of the molecule is CCCCCCCCC(=O)CC1CCC2(C)C(=CCC3C2CCC2(C)C(C(C)CCCC(C)C)CCC32)C1. The molecule has 0 heterocycles. The molecule has 4 aliphatic rings. The van der Waals surface area contributed by atoms with Crippen LogP contribution in [0.4, 0.5) is 0 Å². The van der Waals surface area contributed by atoms with E-state index in [4.69, 9.17) is 0 Å². The molecule has 0 amide bonds. The molecule has 0 radical (unpaired) electrons. The van der Waals surface area contributed by atoms with Crippen molar-refractivity contribution in [3.8, 4) is 0 Å². The third kappa shape index (κ3) is 6.65. The van der Waals surface area contributed by atoms with E-state index in [0.717, 1.165) is 54.8 Å². The fraction of sp³-hybridized carbons (Fsp3) is 0.919. The molecule has 3 fully saturated rings. The van der Waals surface area contributed by atoms with Crippen LogP contribution < -0.4 is 0 Å². The molecule has 38 heavy (non-hydrogen) atoms. The summed E-state index contributed by atoms with van der Waals surface area (Å²) < 4.78 is 0. The lowest BCUT2D eigenvalue weighted by Crippen LogP contribution is -2.50. The summed E-state index contributed by atoms with van der Waals surface area (Å²) in [5.74, 6) is 6.64. The zero-order valence-electron chi connectivity index (χ0n) is 26.5. The van der Waals surface area contributed by atoms with Gasteiger partial charge in [-0.15, -0.1) is 0 Å². The Morgan fingerprint density at radius 1 is 0.895 bits per heavy atom. The molecule has 0 aromatic rings. The first-order valence-corrected chi connectivity index (χ1v) is 17.4. The summed E-state index contributed by atoms with van der Waals surface area (Å²) in [7, 11) is 0. The van der Waals surface area contributed by atoms with Gasteiger partial charge in [-0.3, -0.25) is 4.79 Å². The number of carbonyl (C=O) groups is 1. The molecule has 8 atom stereocenters. The molecule has 1 nitrogen and oxygen atoms in total. The quantitative estimate of drug-likeness (QED) is 0.163. The van der Waals surface area contributed by atoms with Crippen molar-refractivity contribution < 1.29 is 4.79 Å².